The molecule has 112 valence electrons. The zero-order chi connectivity index (χ0) is 14.4. The highest BCUT2D eigenvalue weighted by Gasteiger charge is 2.24. The second-order valence-corrected chi connectivity index (χ2v) is 6.40. The fraction of sp³-hybridized carbons (Fsp3) is 0.714. The van der Waals surface area contributed by atoms with E-state index in [0.717, 1.165) is 5.82 Å². The smallest absolute Gasteiger partial charge is 0.158 e. The minimum absolute atomic E-state index is 0.405. The van der Waals surface area contributed by atoms with E-state index in [9.17, 15) is 0 Å². The highest BCUT2D eigenvalue weighted by Crippen LogP contribution is 2.29. The summed E-state index contributed by atoms with van der Waals surface area (Å²) in [4.78, 5) is 8.68. The van der Waals surface area contributed by atoms with Crippen LogP contribution in [0.3, 0.4) is 0 Å². The van der Waals surface area contributed by atoms with Crippen molar-refractivity contribution < 1.29 is 4.74 Å². The van der Waals surface area contributed by atoms with Gasteiger partial charge in [-0.2, -0.15) is 11.8 Å². The number of ether oxygens (including phenoxy) is 1. The van der Waals surface area contributed by atoms with E-state index >= 15 is 0 Å². The van der Waals surface area contributed by atoms with E-state index in [-0.39, 0.29) is 0 Å². The predicted molar refractivity (Wildman–Crippen MR) is 85.6 cm³/mol. The molecule has 0 aliphatic heterocycles. The Hall–Kier alpha value is -0.520. The third-order valence-electron chi connectivity index (χ3n) is 3.52. The maximum Gasteiger partial charge on any atom is 0.158 e. The van der Waals surface area contributed by atoms with Crippen molar-refractivity contribution in [2.45, 2.75) is 50.5 Å². The predicted octanol–water partition coefficient (Wildman–Crippen LogP) is 3.75. The average Bonchev–Trinajstić information content (AvgIpc) is 2.45. The second kappa shape index (κ2) is 8.05. The van der Waals surface area contributed by atoms with Crippen LogP contribution >= 0.6 is 23.4 Å². The molecule has 0 amide bonds. The van der Waals surface area contributed by atoms with Gasteiger partial charge in [0.1, 0.15) is 17.6 Å². The van der Waals surface area contributed by atoms with Gasteiger partial charge in [-0.15, -0.1) is 0 Å². The van der Waals surface area contributed by atoms with Gasteiger partial charge in [-0.3, -0.25) is 0 Å². The molecule has 1 N–H and O–H groups in total. The van der Waals surface area contributed by atoms with Crippen molar-refractivity contribution >= 4 is 29.2 Å². The third kappa shape index (κ3) is 4.50. The summed E-state index contributed by atoms with van der Waals surface area (Å²) in [6.45, 7) is 3.01. The molecule has 1 fully saturated rings. The molecule has 2 atom stereocenters. The van der Waals surface area contributed by atoms with Crippen molar-refractivity contribution in [3.05, 3.63) is 17.0 Å². The summed E-state index contributed by atoms with van der Waals surface area (Å²) in [6.07, 6.45) is 7.23. The Morgan fingerprint density at radius 1 is 1.40 bits per heavy atom. The molecule has 1 aliphatic rings. The molecular weight excluding hydrogens is 294 g/mol. The van der Waals surface area contributed by atoms with Crippen LogP contribution in [0.2, 0.25) is 5.15 Å². The van der Waals surface area contributed by atoms with Crippen molar-refractivity contribution in [2.24, 2.45) is 0 Å². The lowest BCUT2D eigenvalue weighted by Gasteiger charge is -2.31. The van der Waals surface area contributed by atoms with E-state index in [2.05, 4.69) is 21.5 Å². The Bertz CT molecular complexity index is 433. The van der Waals surface area contributed by atoms with Crippen LogP contribution in [0.25, 0.3) is 0 Å². The Labute approximate surface area is 130 Å². The molecule has 1 aromatic rings. The van der Waals surface area contributed by atoms with Gasteiger partial charge in [0, 0.05) is 24.0 Å². The van der Waals surface area contributed by atoms with Crippen LogP contribution in [0.4, 0.5) is 5.82 Å². The van der Waals surface area contributed by atoms with Crippen LogP contribution in [0.5, 0.6) is 0 Å². The first-order chi connectivity index (χ1) is 9.72. The monoisotopic (exact) mass is 315 g/mol. The number of thioether (sulfide) groups is 1. The second-order valence-electron chi connectivity index (χ2n) is 4.94. The number of nitrogens with zero attached hydrogens (tertiary/aromatic N) is 2. The lowest BCUT2D eigenvalue weighted by atomic mass is 9.95. The van der Waals surface area contributed by atoms with E-state index in [1.165, 1.54) is 25.7 Å². The first-order valence-electron chi connectivity index (χ1n) is 7.13. The maximum atomic E-state index is 6.07. The zero-order valence-electron chi connectivity index (χ0n) is 12.1. The van der Waals surface area contributed by atoms with E-state index in [1.807, 2.05) is 18.7 Å². The summed E-state index contributed by atoms with van der Waals surface area (Å²) >= 11 is 8.00. The van der Waals surface area contributed by atoms with Crippen molar-refractivity contribution in [2.75, 3.05) is 18.2 Å². The normalized spacial score (nSPS) is 22.8. The molecule has 0 bridgehead atoms. The lowest BCUT2D eigenvalue weighted by Crippen LogP contribution is -2.34. The van der Waals surface area contributed by atoms with Gasteiger partial charge in [0.05, 0.1) is 0 Å². The SMILES string of the molecule is CCOCc1nc(Cl)cc(NC2CCCCC2SC)n1. The highest BCUT2D eigenvalue weighted by atomic mass is 35.5. The lowest BCUT2D eigenvalue weighted by molar-refractivity contribution is 0.128. The van der Waals surface area contributed by atoms with E-state index < -0.39 is 0 Å². The van der Waals surface area contributed by atoms with Gasteiger partial charge in [0.15, 0.2) is 5.82 Å². The average molecular weight is 316 g/mol. The quantitative estimate of drug-likeness (QED) is 0.810. The number of hydrogen-bond acceptors (Lipinski definition) is 5. The van der Waals surface area contributed by atoms with Crippen LogP contribution in [0.15, 0.2) is 6.07 Å². The molecule has 1 saturated carbocycles. The molecule has 0 spiro atoms. The first kappa shape index (κ1) is 15.9. The van der Waals surface area contributed by atoms with Crippen LogP contribution in [-0.4, -0.2) is 34.1 Å². The molecule has 6 heteroatoms. The highest BCUT2D eigenvalue weighted by molar-refractivity contribution is 7.99. The molecule has 0 radical (unpaired) electrons. The Morgan fingerprint density at radius 2 is 2.20 bits per heavy atom. The standard InChI is InChI=1S/C14H22ClN3OS/c1-3-19-9-14-17-12(15)8-13(18-14)16-10-6-4-5-7-11(10)20-2/h8,10-11H,3-7,9H2,1-2H3,(H,16,17,18). The molecular formula is C14H22ClN3OS. The molecule has 2 unspecified atom stereocenters. The van der Waals surface area contributed by atoms with Crippen molar-refractivity contribution in [1.82, 2.24) is 9.97 Å². The molecule has 0 aromatic carbocycles. The third-order valence-corrected chi connectivity index (χ3v) is 4.88. The number of halogens is 1. The van der Waals surface area contributed by atoms with Gasteiger partial charge in [-0.1, -0.05) is 24.4 Å². The first-order valence-corrected chi connectivity index (χ1v) is 8.80. The fourth-order valence-corrected chi connectivity index (χ4v) is 3.67. The Balaban J connectivity index is 2.05. The molecule has 1 aliphatic carbocycles. The van der Waals surface area contributed by atoms with Gasteiger partial charge in [0.25, 0.3) is 0 Å². The summed E-state index contributed by atoms with van der Waals surface area (Å²) in [5, 5.41) is 4.64. The van der Waals surface area contributed by atoms with Gasteiger partial charge >= 0.3 is 0 Å². The van der Waals surface area contributed by atoms with Crippen LogP contribution < -0.4 is 5.32 Å². The van der Waals surface area contributed by atoms with E-state index in [1.54, 1.807) is 6.07 Å². The van der Waals surface area contributed by atoms with Crippen molar-refractivity contribution in [3.8, 4) is 0 Å². The summed E-state index contributed by atoms with van der Waals surface area (Å²) < 4.78 is 5.35. The number of aromatic nitrogens is 2. The minimum atomic E-state index is 0.405. The zero-order valence-corrected chi connectivity index (χ0v) is 13.6. The van der Waals surface area contributed by atoms with E-state index in [0.29, 0.717) is 35.5 Å². The molecule has 1 aromatic heterocycles. The molecule has 0 saturated heterocycles. The summed E-state index contributed by atoms with van der Waals surface area (Å²) in [5.74, 6) is 1.45. The minimum Gasteiger partial charge on any atom is -0.374 e. The number of rotatable bonds is 6. The van der Waals surface area contributed by atoms with Crippen molar-refractivity contribution in [1.29, 1.82) is 0 Å². The van der Waals surface area contributed by atoms with Crippen molar-refractivity contribution in [3.63, 3.8) is 0 Å². The topological polar surface area (TPSA) is 47.0 Å². The number of nitrogens with one attached hydrogen (secondary N) is 1. The fourth-order valence-electron chi connectivity index (χ4n) is 2.53. The van der Waals surface area contributed by atoms with Crippen LogP contribution in [-0.2, 0) is 11.3 Å². The molecule has 4 nitrogen and oxygen atoms in total. The van der Waals surface area contributed by atoms with Gasteiger partial charge in [-0.25, -0.2) is 9.97 Å². The summed E-state index contributed by atoms with van der Waals surface area (Å²) in [7, 11) is 0. The van der Waals surface area contributed by atoms with Gasteiger partial charge in [-0.05, 0) is 26.0 Å². The number of anilines is 1. The van der Waals surface area contributed by atoms with Gasteiger partial charge in [0.2, 0.25) is 0 Å². The molecule has 2 rings (SSSR count). The largest absolute Gasteiger partial charge is 0.374 e. The maximum absolute atomic E-state index is 6.07. The molecule has 1 heterocycles. The van der Waals surface area contributed by atoms with Crippen LogP contribution in [0.1, 0.15) is 38.4 Å². The number of hydrogen-bond donors (Lipinski definition) is 1. The molecule has 20 heavy (non-hydrogen) atoms. The van der Waals surface area contributed by atoms with Gasteiger partial charge < -0.3 is 10.1 Å². The summed E-state index contributed by atoms with van der Waals surface area (Å²) in [5.41, 5.74) is 0. The Morgan fingerprint density at radius 3 is 2.95 bits per heavy atom. The Kier molecular flexibility index (Phi) is 6.39. The summed E-state index contributed by atoms with van der Waals surface area (Å²) in [6, 6.07) is 2.26. The van der Waals surface area contributed by atoms with Crippen LogP contribution in [0, 0.1) is 0 Å². The van der Waals surface area contributed by atoms with E-state index in [4.69, 9.17) is 16.3 Å².